The minimum atomic E-state index is 0.229. The van der Waals surface area contributed by atoms with Crippen molar-refractivity contribution in [1.29, 1.82) is 0 Å². The minimum absolute atomic E-state index is 0.229. The summed E-state index contributed by atoms with van der Waals surface area (Å²) in [6.45, 7) is 3.65. The Labute approximate surface area is 170 Å². The molecule has 2 aromatic rings. The van der Waals surface area contributed by atoms with Gasteiger partial charge in [0.05, 0.1) is 4.88 Å². The first-order valence-corrected chi connectivity index (χ1v) is 11.4. The van der Waals surface area contributed by atoms with Crippen molar-refractivity contribution >= 4 is 17.2 Å². The summed E-state index contributed by atoms with van der Waals surface area (Å²) in [5.74, 6) is 1.60. The van der Waals surface area contributed by atoms with Crippen LogP contribution in [-0.4, -0.2) is 52.4 Å². The molecule has 1 saturated heterocycles. The highest BCUT2D eigenvalue weighted by Gasteiger charge is 2.28. The van der Waals surface area contributed by atoms with E-state index >= 15 is 0 Å². The monoisotopic (exact) mass is 396 g/mol. The van der Waals surface area contributed by atoms with E-state index in [0.29, 0.717) is 5.92 Å². The number of carbonyl (C=O) groups excluding carboxylic acids is 1. The molecule has 5 nitrogen and oxygen atoms in total. The van der Waals surface area contributed by atoms with Gasteiger partial charge in [-0.2, -0.15) is 0 Å². The number of likely N-dealkylation sites (N-methyl/N-ethyl adjacent to an activating group) is 1. The zero-order chi connectivity index (χ0) is 19.1. The van der Waals surface area contributed by atoms with E-state index in [1.54, 1.807) is 11.3 Å². The van der Waals surface area contributed by atoms with Crippen LogP contribution in [0.3, 0.4) is 0 Å². The summed E-state index contributed by atoms with van der Waals surface area (Å²) in [5.41, 5.74) is 3.92. The van der Waals surface area contributed by atoms with Gasteiger partial charge >= 0.3 is 0 Å². The molecule has 2 aromatic heterocycles. The molecule has 4 heterocycles. The first-order valence-electron chi connectivity index (χ1n) is 10.6. The molecule has 2 aliphatic heterocycles. The number of thiophene rings is 1. The van der Waals surface area contributed by atoms with Crippen LogP contribution in [0.4, 0.5) is 0 Å². The molecule has 0 saturated carbocycles. The van der Waals surface area contributed by atoms with E-state index in [4.69, 9.17) is 4.98 Å². The Morgan fingerprint density at radius 3 is 2.75 bits per heavy atom. The van der Waals surface area contributed by atoms with E-state index in [-0.39, 0.29) is 5.91 Å². The van der Waals surface area contributed by atoms with Crippen LogP contribution in [-0.2, 0) is 25.8 Å². The molecule has 0 bridgehead atoms. The molecule has 28 heavy (non-hydrogen) atoms. The normalized spacial score (nSPS) is 20.7. The predicted molar refractivity (Wildman–Crippen MR) is 111 cm³/mol. The molecule has 0 N–H and O–H groups in total. The molecule has 1 amide bonds. The second kappa shape index (κ2) is 7.56. The summed E-state index contributed by atoms with van der Waals surface area (Å²) >= 11 is 1.73. The van der Waals surface area contributed by atoms with Gasteiger partial charge in [-0.05, 0) is 57.2 Å². The first-order chi connectivity index (χ1) is 13.7. The predicted octanol–water partition coefficient (Wildman–Crippen LogP) is 3.42. The lowest BCUT2D eigenvalue weighted by atomic mass is 9.95. The van der Waals surface area contributed by atoms with Crippen molar-refractivity contribution in [3.63, 3.8) is 0 Å². The summed E-state index contributed by atoms with van der Waals surface area (Å²) in [7, 11) is 2.15. The van der Waals surface area contributed by atoms with Crippen LogP contribution in [0, 0.1) is 0 Å². The fraction of sp³-hybridized carbons (Fsp3) is 0.591. The number of amides is 1. The van der Waals surface area contributed by atoms with E-state index in [9.17, 15) is 4.79 Å². The average molecular weight is 397 g/mol. The average Bonchev–Trinajstić information content (AvgIpc) is 3.17. The maximum atomic E-state index is 13.0. The first kappa shape index (κ1) is 18.3. The molecular formula is C22H28N4OS. The van der Waals surface area contributed by atoms with Crippen LogP contribution in [0.2, 0.25) is 0 Å². The lowest BCUT2D eigenvalue weighted by Crippen LogP contribution is -2.38. The maximum Gasteiger partial charge on any atom is 0.263 e. The molecule has 1 aliphatic carbocycles. The van der Waals surface area contributed by atoms with Crippen molar-refractivity contribution in [3.05, 3.63) is 44.7 Å². The molecule has 0 atom stereocenters. The Morgan fingerprint density at radius 2 is 1.93 bits per heavy atom. The number of carbonyl (C=O) groups is 1. The van der Waals surface area contributed by atoms with Crippen LogP contribution in [0.1, 0.15) is 68.8 Å². The number of hydrogen-bond donors (Lipinski definition) is 0. The van der Waals surface area contributed by atoms with Gasteiger partial charge in [-0.1, -0.05) is 0 Å². The third kappa shape index (κ3) is 3.48. The Morgan fingerprint density at radius 1 is 1.11 bits per heavy atom. The number of aromatic nitrogens is 2. The maximum absolute atomic E-state index is 13.0. The van der Waals surface area contributed by atoms with Gasteiger partial charge in [-0.15, -0.1) is 11.3 Å². The van der Waals surface area contributed by atoms with E-state index in [2.05, 4.69) is 23.0 Å². The van der Waals surface area contributed by atoms with Crippen LogP contribution in [0.25, 0.3) is 0 Å². The number of rotatable bonds is 2. The topological polar surface area (TPSA) is 49.3 Å². The zero-order valence-electron chi connectivity index (χ0n) is 16.6. The van der Waals surface area contributed by atoms with Gasteiger partial charge in [0, 0.05) is 60.8 Å². The Kier molecular flexibility index (Phi) is 4.93. The smallest absolute Gasteiger partial charge is 0.263 e. The van der Waals surface area contributed by atoms with Gasteiger partial charge in [0.25, 0.3) is 5.91 Å². The van der Waals surface area contributed by atoms with Crippen LogP contribution >= 0.6 is 11.3 Å². The number of hydrogen-bond acceptors (Lipinski definition) is 5. The molecule has 0 aromatic carbocycles. The Hall–Kier alpha value is -1.79. The number of fused-ring (bicyclic) bond motifs is 2. The highest BCUT2D eigenvalue weighted by molar-refractivity contribution is 7.14. The van der Waals surface area contributed by atoms with Gasteiger partial charge in [-0.25, -0.2) is 9.97 Å². The molecule has 1 fully saturated rings. The quantitative estimate of drug-likeness (QED) is 0.780. The van der Waals surface area contributed by atoms with Crippen LogP contribution < -0.4 is 0 Å². The van der Waals surface area contributed by atoms with Crippen molar-refractivity contribution in [2.24, 2.45) is 0 Å². The van der Waals surface area contributed by atoms with Crippen molar-refractivity contribution in [2.75, 3.05) is 26.7 Å². The highest BCUT2D eigenvalue weighted by atomic mass is 32.1. The number of likely N-dealkylation sites (tertiary alicyclic amines) is 1. The number of piperidine rings is 1. The van der Waals surface area contributed by atoms with Gasteiger partial charge < -0.3 is 9.80 Å². The fourth-order valence-electron chi connectivity index (χ4n) is 4.76. The van der Waals surface area contributed by atoms with E-state index in [1.807, 2.05) is 11.1 Å². The number of nitrogens with zero attached hydrogens (tertiary/aromatic N) is 4. The minimum Gasteiger partial charge on any atom is -0.338 e. The SMILES string of the molecule is CN1CCc2nc(C3CCN(C(=O)c4cc5c(s4)CCCC5)CC3)ncc2C1. The molecule has 0 spiro atoms. The highest BCUT2D eigenvalue weighted by Crippen LogP contribution is 2.32. The zero-order valence-corrected chi connectivity index (χ0v) is 17.4. The van der Waals surface area contributed by atoms with Gasteiger partial charge in [0.1, 0.15) is 5.82 Å². The molecule has 0 unspecified atom stereocenters. The van der Waals surface area contributed by atoms with E-state index in [1.165, 1.54) is 34.5 Å². The summed E-state index contributed by atoms with van der Waals surface area (Å²) in [6.07, 6.45) is 9.81. The lowest BCUT2D eigenvalue weighted by Gasteiger charge is -2.31. The fourth-order valence-corrected chi connectivity index (χ4v) is 5.98. The Balaban J connectivity index is 1.24. The van der Waals surface area contributed by atoms with Crippen molar-refractivity contribution in [3.8, 4) is 0 Å². The molecule has 3 aliphatic rings. The van der Waals surface area contributed by atoms with E-state index in [0.717, 1.165) is 69.0 Å². The van der Waals surface area contributed by atoms with Crippen molar-refractivity contribution in [2.45, 2.75) is 57.4 Å². The third-order valence-corrected chi connectivity index (χ3v) is 7.72. The van der Waals surface area contributed by atoms with E-state index < -0.39 is 0 Å². The second-order valence-electron chi connectivity index (χ2n) is 8.52. The Bertz CT molecular complexity index is 861. The molecule has 5 rings (SSSR count). The summed E-state index contributed by atoms with van der Waals surface area (Å²) in [6, 6.07) is 2.16. The largest absolute Gasteiger partial charge is 0.338 e. The molecule has 0 radical (unpaired) electrons. The van der Waals surface area contributed by atoms with Gasteiger partial charge in [0.15, 0.2) is 0 Å². The summed E-state index contributed by atoms with van der Waals surface area (Å²) < 4.78 is 0. The van der Waals surface area contributed by atoms with Crippen molar-refractivity contribution in [1.82, 2.24) is 19.8 Å². The second-order valence-corrected chi connectivity index (χ2v) is 9.66. The third-order valence-electron chi connectivity index (χ3n) is 6.50. The van der Waals surface area contributed by atoms with Crippen LogP contribution in [0.15, 0.2) is 12.3 Å². The van der Waals surface area contributed by atoms with Gasteiger partial charge in [0.2, 0.25) is 0 Å². The molecule has 148 valence electrons. The molecular weight excluding hydrogens is 368 g/mol. The summed E-state index contributed by atoms with van der Waals surface area (Å²) in [4.78, 5) is 29.3. The lowest BCUT2D eigenvalue weighted by molar-refractivity contribution is 0.0716. The summed E-state index contributed by atoms with van der Waals surface area (Å²) in [5, 5.41) is 0. The van der Waals surface area contributed by atoms with Crippen LogP contribution in [0.5, 0.6) is 0 Å². The molecule has 6 heteroatoms. The van der Waals surface area contributed by atoms with Crippen molar-refractivity contribution < 1.29 is 4.79 Å². The van der Waals surface area contributed by atoms with Gasteiger partial charge in [-0.3, -0.25) is 4.79 Å². The number of aryl methyl sites for hydroxylation is 2. The standard InChI is InChI=1S/C22H28N4OS/c1-25-9-8-18-17(14-25)13-23-21(24-18)15-6-10-26(11-7-15)22(27)20-12-16-4-2-3-5-19(16)28-20/h12-13,15H,2-11,14H2,1H3.